The van der Waals surface area contributed by atoms with E-state index < -0.39 is 17.4 Å². The van der Waals surface area contributed by atoms with Gasteiger partial charge >= 0.3 is 0 Å². The predicted octanol–water partition coefficient (Wildman–Crippen LogP) is 0.153. The van der Waals surface area contributed by atoms with Crippen molar-refractivity contribution in [2.45, 2.75) is 51.5 Å². The van der Waals surface area contributed by atoms with Crippen LogP contribution in [0.4, 0.5) is 0 Å². The molecule has 0 radical (unpaired) electrons. The number of ether oxygens (including phenoxy) is 1. The first-order valence-corrected chi connectivity index (χ1v) is 9.86. The van der Waals surface area contributed by atoms with Gasteiger partial charge in [-0.1, -0.05) is 12.2 Å². The first-order chi connectivity index (χ1) is 13.3. The van der Waals surface area contributed by atoms with Crippen molar-refractivity contribution in [1.82, 2.24) is 19.8 Å². The van der Waals surface area contributed by atoms with Crippen molar-refractivity contribution in [2.24, 2.45) is 11.8 Å². The van der Waals surface area contributed by atoms with E-state index in [9.17, 15) is 14.4 Å². The van der Waals surface area contributed by atoms with Crippen LogP contribution in [0, 0.1) is 18.8 Å². The maximum atomic E-state index is 13.5. The zero-order chi connectivity index (χ0) is 19.8. The zero-order valence-electron chi connectivity index (χ0n) is 16.3. The minimum absolute atomic E-state index is 0.00280. The Labute approximate surface area is 162 Å². The van der Waals surface area contributed by atoms with E-state index in [2.05, 4.69) is 9.97 Å². The van der Waals surface area contributed by atoms with Crippen molar-refractivity contribution in [1.29, 1.82) is 0 Å². The van der Waals surface area contributed by atoms with Gasteiger partial charge in [0.25, 0.3) is 5.56 Å². The summed E-state index contributed by atoms with van der Waals surface area (Å²) < 4.78 is 6.18. The highest BCUT2D eigenvalue weighted by atomic mass is 16.5. The maximum Gasteiger partial charge on any atom is 0.254 e. The fourth-order valence-corrected chi connectivity index (χ4v) is 5.21. The Morgan fingerprint density at radius 1 is 1.39 bits per heavy atom. The SMILES string of the molecule is Cc1nc2c(c(=O)[nH]1)CCN(C(=O)[C@@H]1[C@H]3C=C[C@@]4(CN(C(C)C)C(=O)[C@@H]14)O3)C2. The highest BCUT2D eigenvalue weighted by Crippen LogP contribution is 2.52. The molecule has 148 valence electrons. The Morgan fingerprint density at radius 2 is 2.18 bits per heavy atom. The quantitative estimate of drug-likeness (QED) is 0.733. The second-order valence-corrected chi connectivity index (χ2v) is 8.55. The number of aromatic nitrogens is 2. The lowest BCUT2D eigenvalue weighted by atomic mass is 9.76. The number of amides is 2. The normalized spacial score (nSPS) is 33.0. The third kappa shape index (κ3) is 2.27. The largest absolute Gasteiger partial charge is 0.360 e. The Bertz CT molecular complexity index is 967. The fraction of sp³-hybridized carbons (Fsp3) is 0.600. The van der Waals surface area contributed by atoms with Crippen molar-refractivity contribution in [3.05, 3.63) is 39.6 Å². The molecule has 28 heavy (non-hydrogen) atoms. The van der Waals surface area contributed by atoms with E-state index in [1.807, 2.05) is 30.9 Å². The molecular formula is C20H24N4O4. The van der Waals surface area contributed by atoms with E-state index >= 15 is 0 Å². The molecule has 1 spiro atoms. The first-order valence-electron chi connectivity index (χ1n) is 9.86. The highest BCUT2D eigenvalue weighted by molar-refractivity contribution is 5.93. The number of likely N-dealkylation sites (tertiary alicyclic amines) is 1. The van der Waals surface area contributed by atoms with Crippen LogP contribution in [0.3, 0.4) is 0 Å². The molecule has 5 heterocycles. The third-order valence-corrected chi connectivity index (χ3v) is 6.54. The van der Waals surface area contributed by atoms with Crippen LogP contribution in [0.2, 0.25) is 0 Å². The smallest absolute Gasteiger partial charge is 0.254 e. The number of rotatable bonds is 2. The molecule has 2 saturated heterocycles. The molecule has 4 aliphatic heterocycles. The number of nitrogens with zero attached hydrogens (tertiary/aromatic N) is 3. The zero-order valence-corrected chi connectivity index (χ0v) is 16.3. The summed E-state index contributed by atoms with van der Waals surface area (Å²) in [6, 6.07) is 0.0695. The van der Waals surface area contributed by atoms with Crippen molar-refractivity contribution >= 4 is 11.8 Å². The van der Waals surface area contributed by atoms with Gasteiger partial charge in [-0.05, 0) is 27.2 Å². The van der Waals surface area contributed by atoms with Gasteiger partial charge in [0.2, 0.25) is 11.8 Å². The van der Waals surface area contributed by atoms with Gasteiger partial charge in [-0.15, -0.1) is 0 Å². The molecule has 1 aromatic heterocycles. The molecule has 0 aliphatic carbocycles. The van der Waals surface area contributed by atoms with Crippen LogP contribution in [0.1, 0.15) is 30.9 Å². The van der Waals surface area contributed by atoms with E-state index in [0.29, 0.717) is 43.1 Å². The Balaban J connectivity index is 1.44. The van der Waals surface area contributed by atoms with Crippen LogP contribution in [0.15, 0.2) is 16.9 Å². The number of nitrogens with one attached hydrogen (secondary N) is 1. The van der Waals surface area contributed by atoms with Gasteiger partial charge < -0.3 is 19.5 Å². The topological polar surface area (TPSA) is 95.6 Å². The first kappa shape index (κ1) is 17.6. The highest BCUT2D eigenvalue weighted by Gasteiger charge is 2.67. The Kier molecular flexibility index (Phi) is 3.62. The summed E-state index contributed by atoms with van der Waals surface area (Å²) in [6.45, 7) is 6.95. The summed E-state index contributed by atoms with van der Waals surface area (Å²) in [5.41, 5.74) is 0.500. The van der Waals surface area contributed by atoms with E-state index in [0.717, 1.165) is 0 Å². The Hall–Kier alpha value is -2.48. The number of aromatic amines is 1. The van der Waals surface area contributed by atoms with Crippen LogP contribution in [-0.2, 0) is 27.3 Å². The Morgan fingerprint density at radius 3 is 2.93 bits per heavy atom. The van der Waals surface area contributed by atoms with Gasteiger partial charge in [-0.3, -0.25) is 14.4 Å². The lowest BCUT2D eigenvalue weighted by Gasteiger charge is -2.33. The van der Waals surface area contributed by atoms with Crippen LogP contribution in [-0.4, -0.2) is 62.4 Å². The molecule has 2 fully saturated rings. The molecule has 2 amide bonds. The molecule has 4 aliphatic rings. The second kappa shape index (κ2) is 5.76. The van der Waals surface area contributed by atoms with E-state index in [-0.39, 0.29) is 29.5 Å². The summed E-state index contributed by atoms with van der Waals surface area (Å²) in [5.74, 6) is -0.506. The molecule has 5 rings (SSSR count). The molecule has 0 aromatic carbocycles. The van der Waals surface area contributed by atoms with Gasteiger partial charge in [0.15, 0.2) is 0 Å². The molecule has 1 aromatic rings. The average molecular weight is 384 g/mol. The van der Waals surface area contributed by atoms with Crippen molar-refractivity contribution in [3.63, 3.8) is 0 Å². The molecule has 0 saturated carbocycles. The van der Waals surface area contributed by atoms with Crippen LogP contribution >= 0.6 is 0 Å². The van der Waals surface area contributed by atoms with Crippen LogP contribution < -0.4 is 5.56 Å². The average Bonchev–Trinajstić information content (AvgIpc) is 3.28. The number of carbonyl (C=O) groups excluding carboxylic acids is 2. The molecule has 4 atom stereocenters. The third-order valence-electron chi connectivity index (χ3n) is 6.54. The number of hydrogen-bond donors (Lipinski definition) is 1. The van der Waals surface area contributed by atoms with E-state index in [1.54, 1.807) is 11.8 Å². The van der Waals surface area contributed by atoms with Gasteiger partial charge in [0.1, 0.15) is 11.4 Å². The summed E-state index contributed by atoms with van der Waals surface area (Å²) in [4.78, 5) is 49.4. The maximum absolute atomic E-state index is 13.5. The van der Waals surface area contributed by atoms with Gasteiger partial charge in [0, 0.05) is 18.2 Å². The lowest BCUT2D eigenvalue weighted by molar-refractivity contribution is -0.144. The molecule has 0 unspecified atom stereocenters. The number of aryl methyl sites for hydroxylation is 1. The standard InChI is InChI=1S/C20H24N4O4/c1-10(2)24-9-20-6-4-14(28-20)15(16(20)19(24)27)18(26)23-7-5-12-13(8-23)21-11(3)22-17(12)25/h4,6,10,14-16H,5,7-9H2,1-3H3,(H,21,22,25)/t14-,15-,16-,20+/m1/s1. The van der Waals surface area contributed by atoms with Crippen LogP contribution in [0.25, 0.3) is 0 Å². The molecule has 2 bridgehead atoms. The monoisotopic (exact) mass is 384 g/mol. The van der Waals surface area contributed by atoms with Crippen molar-refractivity contribution in [3.8, 4) is 0 Å². The minimum Gasteiger partial charge on any atom is -0.360 e. The second-order valence-electron chi connectivity index (χ2n) is 8.55. The summed E-state index contributed by atoms with van der Waals surface area (Å²) in [5, 5.41) is 0. The summed E-state index contributed by atoms with van der Waals surface area (Å²) in [7, 11) is 0. The van der Waals surface area contributed by atoms with Crippen molar-refractivity contribution in [2.75, 3.05) is 13.1 Å². The lowest BCUT2D eigenvalue weighted by Crippen LogP contribution is -2.48. The van der Waals surface area contributed by atoms with E-state index in [1.165, 1.54) is 0 Å². The number of hydrogen-bond acceptors (Lipinski definition) is 5. The summed E-state index contributed by atoms with van der Waals surface area (Å²) in [6.07, 6.45) is 4.02. The minimum atomic E-state index is -0.675. The van der Waals surface area contributed by atoms with Gasteiger partial charge in [0.05, 0.1) is 36.7 Å². The van der Waals surface area contributed by atoms with Gasteiger partial charge in [-0.2, -0.15) is 0 Å². The molecular weight excluding hydrogens is 360 g/mol. The van der Waals surface area contributed by atoms with Crippen LogP contribution in [0.5, 0.6) is 0 Å². The molecule has 8 nitrogen and oxygen atoms in total. The number of H-pyrrole nitrogens is 1. The molecule has 1 N–H and O–H groups in total. The van der Waals surface area contributed by atoms with Gasteiger partial charge in [-0.25, -0.2) is 4.98 Å². The predicted molar refractivity (Wildman–Crippen MR) is 99.3 cm³/mol. The molecule has 8 heteroatoms. The summed E-state index contributed by atoms with van der Waals surface area (Å²) >= 11 is 0. The number of carbonyl (C=O) groups is 2. The van der Waals surface area contributed by atoms with E-state index in [4.69, 9.17) is 4.74 Å². The van der Waals surface area contributed by atoms with Crippen molar-refractivity contribution < 1.29 is 14.3 Å². The fourth-order valence-electron chi connectivity index (χ4n) is 5.21. The number of fused-ring (bicyclic) bond motifs is 2.